The van der Waals surface area contributed by atoms with Crippen molar-refractivity contribution in [3.63, 3.8) is 0 Å². The SMILES string of the molecule is CCOC(=O)[C@H](CCc1ccccc1)NC(C)C(=O)N1CCC2(CCSCC2)[C@H]1C(=O)O. The molecule has 1 spiro atoms. The Labute approximate surface area is 194 Å². The first-order valence-electron chi connectivity index (χ1n) is 11.5. The van der Waals surface area contributed by atoms with Crippen LogP contribution in [0.5, 0.6) is 0 Å². The number of carboxylic acids is 1. The van der Waals surface area contributed by atoms with Gasteiger partial charge in [-0.2, -0.15) is 11.8 Å². The van der Waals surface area contributed by atoms with Crippen molar-refractivity contribution in [1.82, 2.24) is 10.2 Å². The Hall–Kier alpha value is -2.06. The van der Waals surface area contributed by atoms with Gasteiger partial charge in [0.15, 0.2) is 0 Å². The molecule has 0 aliphatic carbocycles. The Morgan fingerprint density at radius 1 is 1.22 bits per heavy atom. The van der Waals surface area contributed by atoms with E-state index in [1.807, 2.05) is 42.1 Å². The van der Waals surface area contributed by atoms with Crippen LogP contribution in [-0.4, -0.2) is 70.6 Å². The number of rotatable bonds is 9. The van der Waals surface area contributed by atoms with E-state index in [2.05, 4.69) is 5.32 Å². The topological polar surface area (TPSA) is 95.9 Å². The van der Waals surface area contributed by atoms with Crippen molar-refractivity contribution in [3.05, 3.63) is 35.9 Å². The Morgan fingerprint density at radius 3 is 2.53 bits per heavy atom. The number of esters is 1. The molecule has 176 valence electrons. The number of ether oxygens (including phenoxy) is 1. The average molecular weight is 463 g/mol. The quantitative estimate of drug-likeness (QED) is 0.545. The fraction of sp³-hybridized carbons (Fsp3) is 0.625. The fourth-order valence-electron chi connectivity index (χ4n) is 4.96. The van der Waals surface area contributed by atoms with Crippen LogP contribution in [0.25, 0.3) is 0 Å². The second-order valence-corrected chi connectivity index (χ2v) is 9.94. The van der Waals surface area contributed by atoms with Crippen LogP contribution >= 0.6 is 11.8 Å². The number of aryl methyl sites for hydroxylation is 1. The Morgan fingerprint density at radius 2 is 1.91 bits per heavy atom. The first kappa shape index (κ1) is 24.6. The molecule has 3 atom stereocenters. The molecule has 2 N–H and O–H groups in total. The predicted octanol–water partition coefficient (Wildman–Crippen LogP) is 2.73. The highest BCUT2D eigenvalue weighted by atomic mass is 32.2. The summed E-state index contributed by atoms with van der Waals surface area (Å²) in [5.74, 6) is 0.288. The Bertz CT molecular complexity index is 797. The van der Waals surface area contributed by atoms with E-state index in [0.29, 0.717) is 19.4 Å². The number of nitrogens with one attached hydrogen (secondary N) is 1. The van der Waals surface area contributed by atoms with Gasteiger partial charge in [-0.25, -0.2) is 4.79 Å². The molecule has 2 heterocycles. The number of thioether (sulfide) groups is 1. The van der Waals surface area contributed by atoms with Gasteiger partial charge in [-0.05, 0) is 63.0 Å². The summed E-state index contributed by atoms with van der Waals surface area (Å²) in [5.41, 5.74) is 0.769. The van der Waals surface area contributed by atoms with Gasteiger partial charge in [-0.1, -0.05) is 30.3 Å². The molecule has 1 aromatic rings. The number of nitrogens with zero attached hydrogens (tertiary/aromatic N) is 1. The van der Waals surface area contributed by atoms with Gasteiger partial charge in [-0.15, -0.1) is 0 Å². The first-order valence-corrected chi connectivity index (χ1v) is 12.6. The van der Waals surface area contributed by atoms with Crippen LogP contribution in [0.2, 0.25) is 0 Å². The minimum atomic E-state index is -0.930. The van der Waals surface area contributed by atoms with Crippen LogP contribution in [-0.2, 0) is 25.5 Å². The summed E-state index contributed by atoms with van der Waals surface area (Å²) in [6, 6.07) is 7.72. The number of hydrogen-bond acceptors (Lipinski definition) is 6. The van der Waals surface area contributed by atoms with Crippen molar-refractivity contribution < 1.29 is 24.2 Å². The minimum Gasteiger partial charge on any atom is -0.480 e. The largest absolute Gasteiger partial charge is 0.480 e. The summed E-state index contributed by atoms with van der Waals surface area (Å²) in [7, 11) is 0. The summed E-state index contributed by atoms with van der Waals surface area (Å²) >= 11 is 1.85. The average Bonchev–Trinajstić information content (AvgIpc) is 3.15. The van der Waals surface area contributed by atoms with E-state index in [1.165, 1.54) is 4.90 Å². The molecule has 1 amide bonds. The van der Waals surface area contributed by atoms with E-state index in [0.717, 1.165) is 36.3 Å². The van der Waals surface area contributed by atoms with E-state index in [-0.39, 0.29) is 23.9 Å². The Kier molecular flexibility index (Phi) is 8.59. The molecular formula is C24H34N2O5S. The monoisotopic (exact) mass is 462 g/mol. The normalized spacial score (nSPS) is 21.8. The Balaban J connectivity index is 1.69. The third kappa shape index (κ3) is 5.64. The van der Waals surface area contributed by atoms with E-state index in [1.54, 1.807) is 13.8 Å². The van der Waals surface area contributed by atoms with Crippen LogP contribution in [0.3, 0.4) is 0 Å². The maximum absolute atomic E-state index is 13.3. The molecular weight excluding hydrogens is 428 g/mol. The molecule has 7 nitrogen and oxygen atoms in total. The number of carboxylic acid groups (broad SMARTS) is 1. The number of benzene rings is 1. The van der Waals surface area contributed by atoms with Crippen molar-refractivity contribution in [1.29, 1.82) is 0 Å². The number of likely N-dealkylation sites (tertiary alicyclic amines) is 1. The lowest BCUT2D eigenvalue weighted by Crippen LogP contribution is -2.56. The molecule has 2 saturated heterocycles. The lowest BCUT2D eigenvalue weighted by molar-refractivity contribution is -0.153. The van der Waals surface area contributed by atoms with E-state index in [4.69, 9.17) is 4.74 Å². The summed E-state index contributed by atoms with van der Waals surface area (Å²) < 4.78 is 5.23. The maximum Gasteiger partial charge on any atom is 0.326 e. The zero-order valence-corrected chi connectivity index (χ0v) is 19.7. The standard InChI is InChI=1S/C24H34N2O5S/c1-3-31-23(30)19(10-9-18-7-5-4-6-8-18)25-17(2)21(27)26-14-11-24(20(26)22(28)29)12-15-32-16-13-24/h4-8,17,19-20,25H,3,9-16H2,1-2H3,(H,28,29)/t17?,19-,20+/m0/s1. The summed E-state index contributed by atoms with van der Waals surface area (Å²) in [6.07, 6.45) is 3.52. The van der Waals surface area contributed by atoms with Gasteiger partial charge in [0.25, 0.3) is 0 Å². The van der Waals surface area contributed by atoms with Crippen LogP contribution < -0.4 is 5.32 Å². The molecule has 0 saturated carbocycles. The number of hydrogen-bond donors (Lipinski definition) is 2. The molecule has 2 aliphatic heterocycles. The molecule has 2 aliphatic rings. The molecule has 1 aromatic carbocycles. The van der Waals surface area contributed by atoms with Crippen molar-refractivity contribution in [3.8, 4) is 0 Å². The number of carbonyl (C=O) groups excluding carboxylic acids is 2. The maximum atomic E-state index is 13.3. The fourth-order valence-corrected chi connectivity index (χ4v) is 6.27. The van der Waals surface area contributed by atoms with Crippen LogP contribution in [0.4, 0.5) is 0 Å². The van der Waals surface area contributed by atoms with Gasteiger partial charge in [0.2, 0.25) is 5.91 Å². The molecule has 0 aromatic heterocycles. The highest BCUT2D eigenvalue weighted by molar-refractivity contribution is 7.99. The van der Waals surface area contributed by atoms with Gasteiger partial charge < -0.3 is 14.7 Å². The predicted molar refractivity (Wildman–Crippen MR) is 125 cm³/mol. The number of carbonyl (C=O) groups is 3. The van der Waals surface area contributed by atoms with Gasteiger partial charge >= 0.3 is 11.9 Å². The van der Waals surface area contributed by atoms with Crippen molar-refractivity contribution >= 4 is 29.6 Å². The minimum absolute atomic E-state index is 0.262. The lowest BCUT2D eigenvalue weighted by Gasteiger charge is -2.38. The van der Waals surface area contributed by atoms with Crippen molar-refractivity contribution in [2.24, 2.45) is 5.41 Å². The zero-order valence-electron chi connectivity index (χ0n) is 18.9. The molecule has 0 radical (unpaired) electrons. The highest BCUT2D eigenvalue weighted by Gasteiger charge is 2.53. The molecule has 3 rings (SSSR count). The highest BCUT2D eigenvalue weighted by Crippen LogP contribution is 2.47. The van der Waals surface area contributed by atoms with Gasteiger partial charge in [-0.3, -0.25) is 14.9 Å². The lowest BCUT2D eigenvalue weighted by atomic mass is 9.75. The van der Waals surface area contributed by atoms with Gasteiger partial charge in [0, 0.05) is 12.0 Å². The molecule has 8 heteroatoms. The van der Waals surface area contributed by atoms with E-state index >= 15 is 0 Å². The summed E-state index contributed by atoms with van der Waals surface area (Å²) in [4.78, 5) is 39.6. The second kappa shape index (κ2) is 11.2. The zero-order chi connectivity index (χ0) is 23.1. The van der Waals surface area contributed by atoms with Gasteiger partial charge in [0.1, 0.15) is 12.1 Å². The second-order valence-electron chi connectivity index (χ2n) is 8.71. The smallest absolute Gasteiger partial charge is 0.326 e. The van der Waals surface area contributed by atoms with Crippen molar-refractivity contribution in [2.75, 3.05) is 24.7 Å². The third-order valence-corrected chi connectivity index (χ3v) is 7.69. The first-order chi connectivity index (χ1) is 15.4. The summed E-state index contributed by atoms with van der Waals surface area (Å²) in [6.45, 7) is 4.17. The summed E-state index contributed by atoms with van der Waals surface area (Å²) in [5, 5.41) is 13.1. The molecule has 1 unspecified atom stereocenters. The van der Waals surface area contributed by atoms with Crippen LogP contribution in [0.15, 0.2) is 30.3 Å². The van der Waals surface area contributed by atoms with Crippen molar-refractivity contribution in [2.45, 2.75) is 64.1 Å². The molecule has 32 heavy (non-hydrogen) atoms. The van der Waals surface area contributed by atoms with Gasteiger partial charge in [0.05, 0.1) is 12.6 Å². The number of amides is 1. The third-order valence-electron chi connectivity index (χ3n) is 6.71. The van der Waals surface area contributed by atoms with E-state index in [9.17, 15) is 19.5 Å². The molecule has 2 fully saturated rings. The molecule has 0 bridgehead atoms. The number of aliphatic carboxylic acids is 1. The van der Waals surface area contributed by atoms with Crippen LogP contribution in [0.1, 0.15) is 45.1 Å². The van der Waals surface area contributed by atoms with Crippen LogP contribution in [0, 0.1) is 5.41 Å². The van der Waals surface area contributed by atoms with E-state index < -0.39 is 24.1 Å².